The summed E-state index contributed by atoms with van der Waals surface area (Å²) >= 11 is 0. The molecule has 0 radical (unpaired) electrons. The number of non-ortho nitro benzene ring substituents is 1. The number of hydrogen-bond acceptors (Lipinski definition) is 7. The second kappa shape index (κ2) is 8.39. The van der Waals surface area contributed by atoms with Crippen molar-refractivity contribution in [2.75, 3.05) is 7.11 Å². The van der Waals surface area contributed by atoms with Crippen molar-refractivity contribution in [2.45, 2.75) is 13.5 Å². The normalized spacial score (nSPS) is 10.4. The number of Topliss-reactive ketones (excluding diaryl/α,β-unsaturated/α-hetero) is 1. The summed E-state index contributed by atoms with van der Waals surface area (Å²) < 4.78 is 16.0. The van der Waals surface area contributed by atoms with E-state index in [2.05, 4.69) is 0 Å². The molecule has 0 fully saturated rings. The van der Waals surface area contributed by atoms with E-state index in [0.717, 1.165) is 0 Å². The van der Waals surface area contributed by atoms with Gasteiger partial charge in [-0.05, 0) is 49.4 Å². The standard InChI is InChI=1S/C21H17NO7/c1-13(23)15-5-8-18(27-2)16(11-15)12-28-21(24)20-10-9-19(29-20)14-3-6-17(7-4-14)22(25)26/h3-11H,12H2,1-2H3. The van der Waals surface area contributed by atoms with E-state index in [9.17, 15) is 19.7 Å². The molecular weight excluding hydrogens is 378 g/mol. The predicted octanol–water partition coefficient (Wildman–Crippen LogP) is 4.42. The molecule has 3 rings (SSSR count). The molecule has 0 unspecified atom stereocenters. The minimum absolute atomic E-state index is 0.0138. The molecule has 2 aromatic carbocycles. The Hall–Kier alpha value is -3.94. The molecule has 29 heavy (non-hydrogen) atoms. The lowest BCUT2D eigenvalue weighted by Crippen LogP contribution is -2.06. The van der Waals surface area contributed by atoms with Crippen LogP contribution >= 0.6 is 0 Å². The maximum absolute atomic E-state index is 12.3. The van der Waals surface area contributed by atoms with E-state index in [1.54, 1.807) is 24.3 Å². The third-order valence-corrected chi connectivity index (χ3v) is 4.22. The van der Waals surface area contributed by atoms with Crippen LogP contribution in [0.3, 0.4) is 0 Å². The average molecular weight is 395 g/mol. The Labute approximate surface area is 165 Å². The summed E-state index contributed by atoms with van der Waals surface area (Å²) in [5.41, 5.74) is 1.58. The number of esters is 1. The molecule has 0 aliphatic heterocycles. The van der Waals surface area contributed by atoms with Gasteiger partial charge in [0.25, 0.3) is 5.69 Å². The van der Waals surface area contributed by atoms with E-state index in [4.69, 9.17) is 13.9 Å². The van der Waals surface area contributed by atoms with Crippen LogP contribution in [-0.4, -0.2) is 23.8 Å². The number of carbonyl (C=O) groups is 2. The van der Waals surface area contributed by atoms with E-state index in [1.165, 1.54) is 44.4 Å². The van der Waals surface area contributed by atoms with Gasteiger partial charge >= 0.3 is 5.97 Å². The van der Waals surface area contributed by atoms with Crippen LogP contribution in [0.1, 0.15) is 33.4 Å². The Morgan fingerprint density at radius 2 is 1.79 bits per heavy atom. The number of nitrogens with zero attached hydrogens (tertiary/aromatic N) is 1. The molecule has 1 aromatic heterocycles. The van der Waals surface area contributed by atoms with Crippen molar-refractivity contribution in [3.05, 3.63) is 81.6 Å². The zero-order chi connectivity index (χ0) is 21.0. The number of benzene rings is 2. The second-order valence-electron chi connectivity index (χ2n) is 6.13. The molecule has 3 aromatic rings. The van der Waals surface area contributed by atoms with Gasteiger partial charge in [0.2, 0.25) is 5.76 Å². The summed E-state index contributed by atoms with van der Waals surface area (Å²) in [5, 5.41) is 10.7. The van der Waals surface area contributed by atoms with Crippen LogP contribution in [-0.2, 0) is 11.3 Å². The Morgan fingerprint density at radius 1 is 1.07 bits per heavy atom. The molecule has 0 spiro atoms. The highest BCUT2D eigenvalue weighted by molar-refractivity contribution is 5.94. The zero-order valence-electron chi connectivity index (χ0n) is 15.7. The first-order valence-electron chi connectivity index (χ1n) is 8.58. The van der Waals surface area contributed by atoms with E-state index in [0.29, 0.717) is 28.2 Å². The van der Waals surface area contributed by atoms with Gasteiger partial charge in [0.05, 0.1) is 12.0 Å². The minimum Gasteiger partial charge on any atom is -0.496 e. The summed E-state index contributed by atoms with van der Waals surface area (Å²) in [7, 11) is 1.48. The highest BCUT2D eigenvalue weighted by Crippen LogP contribution is 2.26. The third kappa shape index (κ3) is 4.49. The molecule has 8 nitrogen and oxygen atoms in total. The molecule has 0 aliphatic carbocycles. The fraction of sp³-hybridized carbons (Fsp3) is 0.143. The van der Waals surface area contributed by atoms with Crippen molar-refractivity contribution in [1.82, 2.24) is 0 Å². The quantitative estimate of drug-likeness (QED) is 0.252. The Morgan fingerprint density at radius 3 is 2.41 bits per heavy atom. The average Bonchev–Trinajstić information content (AvgIpc) is 3.22. The topological polar surface area (TPSA) is 109 Å². The third-order valence-electron chi connectivity index (χ3n) is 4.22. The molecule has 0 aliphatic rings. The number of ketones is 1. The van der Waals surface area contributed by atoms with Crippen LogP contribution in [0.2, 0.25) is 0 Å². The summed E-state index contributed by atoms with van der Waals surface area (Å²) in [5.74, 6) is 0.0595. The molecule has 8 heteroatoms. The number of nitro groups is 1. The lowest BCUT2D eigenvalue weighted by atomic mass is 10.1. The molecular formula is C21H17NO7. The van der Waals surface area contributed by atoms with Gasteiger partial charge < -0.3 is 13.9 Å². The Bertz CT molecular complexity index is 1070. The van der Waals surface area contributed by atoms with Crippen molar-refractivity contribution in [3.8, 4) is 17.1 Å². The molecule has 0 saturated heterocycles. The van der Waals surface area contributed by atoms with E-state index in [1.807, 2.05) is 0 Å². The summed E-state index contributed by atoms with van der Waals surface area (Å²) in [6.45, 7) is 1.34. The van der Waals surface area contributed by atoms with Gasteiger partial charge in [0.15, 0.2) is 5.78 Å². The zero-order valence-corrected chi connectivity index (χ0v) is 15.7. The van der Waals surface area contributed by atoms with Crippen LogP contribution in [0.4, 0.5) is 5.69 Å². The molecule has 0 atom stereocenters. The van der Waals surface area contributed by atoms with E-state index < -0.39 is 10.9 Å². The van der Waals surface area contributed by atoms with Crippen molar-refractivity contribution >= 4 is 17.4 Å². The van der Waals surface area contributed by atoms with Crippen LogP contribution in [0.5, 0.6) is 5.75 Å². The monoisotopic (exact) mass is 395 g/mol. The van der Waals surface area contributed by atoms with Gasteiger partial charge in [-0.3, -0.25) is 14.9 Å². The minimum atomic E-state index is -0.687. The molecule has 0 N–H and O–H groups in total. The van der Waals surface area contributed by atoms with E-state index >= 15 is 0 Å². The first-order chi connectivity index (χ1) is 13.9. The first kappa shape index (κ1) is 19.8. The number of rotatable bonds is 7. The number of nitro benzene ring substituents is 1. The summed E-state index contributed by atoms with van der Waals surface area (Å²) in [4.78, 5) is 34.1. The van der Waals surface area contributed by atoms with Gasteiger partial charge in [0, 0.05) is 28.8 Å². The van der Waals surface area contributed by atoms with Crippen LogP contribution in [0, 0.1) is 10.1 Å². The first-order valence-corrected chi connectivity index (χ1v) is 8.58. The van der Waals surface area contributed by atoms with Gasteiger partial charge in [-0.15, -0.1) is 0 Å². The lowest BCUT2D eigenvalue weighted by molar-refractivity contribution is -0.384. The van der Waals surface area contributed by atoms with Crippen LogP contribution in [0.15, 0.2) is 59.0 Å². The number of carbonyl (C=O) groups excluding carboxylic acids is 2. The fourth-order valence-corrected chi connectivity index (χ4v) is 2.67. The summed E-state index contributed by atoms with van der Waals surface area (Å²) in [6.07, 6.45) is 0. The molecule has 0 amide bonds. The highest BCUT2D eigenvalue weighted by atomic mass is 16.6. The fourth-order valence-electron chi connectivity index (χ4n) is 2.67. The molecule has 0 bridgehead atoms. The number of furan rings is 1. The second-order valence-corrected chi connectivity index (χ2v) is 6.13. The Kier molecular flexibility index (Phi) is 5.73. The highest BCUT2D eigenvalue weighted by Gasteiger charge is 2.16. The smallest absolute Gasteiger partial charge is 0.374 e. The molecule has 0 saturated carbocycles. The number of ether oxygens (including phenoxy) is 2. The van der Waals surface area contributed by atoms with Crippen molar-refractivity contribution < 1.29 is 28.4 Å². The Balaban J connectivity index is 1.72. The maximum Gasteiger partial charge on any atom is 0.374 e. The van der Waals surface area contributed by atoms with Crippen LogP contribution < -0.4 is 4.74 Å². The van der Waals surface area contributed by atoms with Crippen LogP contribution in [0.25, 0.3) is 11.3 Å². The van der Waals surface area contributed by atoms with Crippen molar-refractivity contribution in [2.24, 2.45) is 0 Å². The molecule has 148 valence electrons. The van der Waals surface area contributed by atoms with E-state index in [-0.39, 0.29) is 23.8 Å². The van der Waals surface area contributed by atoms with Crippen molar-refractivity contribution in [1.29, 1.82) is 0 Å². The summed E-state index contributed by atoms with van der Waals surface area (Å²) in [6, 6.07) is 13.7. The predicted molar refractivity (Wildman–Crippen MR) is 103 cm³/mol. The van der Waals surface area contributed by atoms with Gasteiger partial charge in [-0.25, -0.2) is 4.79 Å². The lowest BCUT2D eigenvalue weighted by Gasteiger charge is -2.10. The van der Waals surface area contributed by atoms with Gasteiger partial charge in [0.1, 0.15) is 18.1 Å². The van der Waals surface area contributed by atoms with Crippen molar-refractivity contribution in [3.63, 3.8) is 0 Å². The van der Waals surface area contributed by atoms with Gasteiger partial charge in [-0.1, -0.05) is 0 Å². The molecule has 1 heterocycles. The number of methoxy groups -OCH3 is 1. The largest absolute Gasteiger partial charge is 0.496 e. The van der Waals surface area contributed by atoms with Gasteiger partial charge in [-0.2, -0.15) is 0 Å². The maximum atomic E-state index is 12.3. The SMILES string of the molecule is COc1ccc(C(C)=O)cc1COC(=O)c1ccc(-c2ccc([N+](=O)[O-])cc2)o1. The number of hydrogen-bond donors (Lipinski definition) is 0.